The maximum absolute atomic E-state index is 13.5. The zero-order chi connectivity index (χ0) is 22.2. The fourth-order valence-electron chi connectivity index (χ4n) is 3.43. The van der Waals surface area contributed by atoms with Crippen molar-refractivity contribution in [3.05, 3.63) is 58.6 Å². The van der Waals surface area contributed by atoms with Crippen LogP contribution in [0.1, 0.15) is 24.8 Å². The number of rotatable bonds is 9. The molecule has 5 nitrogen and oxygen atoms in total. The normalized spacial score (nSPS) is 15.0. The van der Waals surface area contributed by atoms with Crippen LogP contribution >= 0.6 is 11.6 Å². The molecule has 1 heterocycles. The van der Waals surface area contributed by atoms with E-state index in [1.165, 1.54) is 18.2 Å². The number of benzene rings is 2. The highest BCUT2D eigenvalue weighted by atomic mass is 35.5. The summed E-state index contributed by atoms with van der Waals surface area (Å²) in [5, 5.41) is 2.98. The van der Waals surface area contributed by atoms with Gasteiger partial charge in [0.2, 0.25) is 0 Å². The van der Waals surface area contributed by atoms with Gasteiger partial charge in [0, 0.05) is 37.8 Å². The van der Waals surface area contributed by atoms with E-state index in [2.05, 4.69) is 10.2 Å². The molecule has 2 aromatic rings. The molecule has 0 aliphatic carbocycles. The zero-order valence-electron chi connectivity index (χ0n) is 17.5. The van der Waals surface area contributed by atoms with E-state index in [9.17, 15) is 13.6 Å². The summed E-state index contributed by atoms with van der Waals surface area (Å²) in [4.78, 5) is 14.4. The number of hydrogen-bond donors (Lipinski definition) is 1. The molecule has 1 amide bonds. The highest BCUT2D eigenvalue weighted by Crippen LogP contribution is 2.20. The number of amides is 1. The van der Waals surface area contributed by atoms with Crippen molar-refractivity contribution < 1.29 is 23.0 Å². The minimum atomic E-state index is -0.580. The molecule has 2 aromatic carbocycles. The lowest BCUT2D eigenvalue weighted by molar-refractivity contribution is -0.124. The summed E-state index contributed by atoms with van der Waals surface area (Å²) in [5.74, 6) is -0.251. The second-order valence-electron chi connectivity index (χ2n) is 7.66. The third kappa shape index (κ3) is 7.36. The Kier molecular flexibility index (Phi) is 8.49. The molecule has 0 atom stereocenters. The van der Waals surface area contributed by atoms with Crippen LogP contribution in [-0.2, 0) is 4.79 Å². The average molecular weight is 453 g/mol. The quantitative estimate of drug-likeness (QED) is 0.574. The summed E-state index contributed by atoms with van der Waals surface area (Å²) >= 11 is 5.63. The fraction of sp³-hybridized carbons (Fsp3) is 0.435. The van der Waals surface area contributed by atoms with Gasteiger partial charge in [0.05, 0.1) is 11.6 Å². The van der Waals surface area contributed by atoms with Gasteiger partial charge in [-0.25, -0.2) is 8.78 Å². The lowest BCUT2D eigenvalue weighted by Gasteiger charge is -2.32. The summed E-state index contributed by atoms with van der Waals surface area (Å²) < 4.78 is 37.9. The van der Waals surface area contributed by atoms with Crippen molar-refractivity contribution >= 4 is 17.5 Å². The first-order chi connectivity index (χ1) is 14.9. The van der Waals surface area contributed by atoms with E-state index in [-0.39, 0.29) is 35.1 Å². The molecule has 31 heavy (non-hydrogen) atoms. The van der Waals surface area contributed by atoms with Gasteiger partial charge in [0.1, 0.15) is 23.1 Å². The van der Waals surface area contributed by atoms with E-state index in [0.717, 1.165) is 45.0 Å². The number of aryl methyl sites for hydroxylation is 1. The molecule has 168 valence electrons. The first kappa shape index (κ1) is 23.3. The summed E-state index contributed by atoms with van der Waals surface area (Å²) in [5.41, 5.74) is 0.604. The summed E-state index contributed by atoms with van der Waals surface area (Å²) in [6.45, 7) is 4.74. The minimum Gasteiger partial charge on any atom is -0.493 e. The maximum atomic E-state index is 13.5. The number of nitrogens with zero attached hydrogens (tertiary/aromatic N) is 1. The Labute approximate surface area is 186 Å². The molecule has 0 saturated carbocycles. The van der Waals surface area contributed by atoms with E-state index < -0.39 is 5.82 Å². The van der Waals surface area contributed by atoms with Gasteiger partial charge in [0.15, 0.2) is 6.61 Å². The fourth-order valence-corrected chi connectivity index (χ4v) is 3.54. The average Bonchev–Trinajstić information content (AvgIpc) is 2.75. The van der Waals surface area contributed by atoms with Gasteiger partial charge in [-0.2, -0.15) is 0 Å². The molecular weight excluding hydrogens is 426 g/mol. The van der Waals surface area contributed by atoms with Crippen molar-refractivity contribution in [3.8, 4) is 11.5 Å². The maximum Gasteiger partial charge on any atom is 0.258 e. The largest absolute Gasteiger partial charge is 0.493 e. The van der Waals surface area contributed by atoms with E-state index in [0.29, 0.717) is 17.9 Å². The molecule has 1 fully saturated rings. The number of likely N-dealkylation sites (tertiary alicyclic amines) is 1. The lowest BCUT2D eigenvalue weighted by atomic mass is 10.0. The monoisotopic (exact) mass is 452 g/mol. The number of piperidine rings is 1. The molecule has 3 rings (SSSR count). The predicted octanol–water partition coefficient (Wildman–Crippen LogP) is 4.36. The van der Waals surface area contributed by atoms with Crippen molar-refractivity contribution in [2.75, 3.05) is 32.8 Å². The summed E-state index contributed by atoms with van der Waals surface area (Å²) in [6, 6.07) is 9.08. The van der Waals surface area contributed by atoms with Gasteiger partial charge >= 0.3 is 0 Å². The number of hydrogen-bond acceptors (Lipinski definition) is 4. The van der Waals surface area contributed by atoms with Gasteiger partial charge in [0.25, 0.3) is 5.91 Å². The van der Waals surface area contributed by atoms with Crippen LogP contribution in [0.3, 0.4) is 0 Å². The lowest BCUT2D eigenvalue weighted by Crippen LogP contribution is -2.46. The first-order valence-electron chi connectivity index (χ1n) is 10.4. The van der Waals surface area contributed by atoms with Gasteiger partial charge < -0.3 is 19.7 Å². The first-order valence-corrected chi connectivity index (χ1v) is 10.8. The molecule has 0 spiro atoms. The standard InChI is InChI=1S/C23H27ClF2N2O3/c1-16-3-4-18(13-21(16)25)30-12-2-9-28-10-7-17(8-11-28)27-23(29)15-31-19-5-6-20(24)22(26)14-19/h3-6,13-14,17H,2,7-12,15H2,1H3,(H,27,29). The predicted molar refractivity (Wildman–Crippen MR) is 116 cm³/mol. The van der Waals surface area contributed by atoms with Crippen LogP contribution in [0.2, 0.25) is 5.02 Å². The zero-order valence-corrected chi connectivity index (χ0v) is 18.3. The molecule has 0 radical (unpaired) electrons. The molecule has 1 saturated heterocycles. The van der Waals surface area contributed by atoms with Gasteiger partial charge in [-0.3, -0.25) is 4.79 Å². The molecular formula is C23H27ClF2N2O3. The van der Waals surface area contributed by atoms with Gasteiger partial charge in [-0.05, 0) is 49.9 Å². The van der Waals surface area contributed by atoms with Crippen LogP contribution in [-0.4, -0.2) is 49.7 Å². The van der Waals surface area contributed by atoms with Gasteiger partial charge in [-0.15, -0.1) is 0 Å². The minimum absolute atomic E-state index is 0.0131. The Balaban J connectivity index is 1.28. The Morgan fingerprint density at radius 1 is 1.10 bits per heavy atom. The number of carbonyl (C=O) groups excluding carboxylic acids is 1. The van der Waals surface area contributed by atoms with Crippen molar-refractivity contribution in [2.24, 2.45) is 0 Å². The smallest absolute Gasteiger partial charge is 0.258 e. The van der Waals surface area contributed by atoms with Crippen LogP contribution in [0.4, 0.5) is 8.78 Å². The molecule has 0 bridgehead atoms. The van der Waals surface area contributed by atoms with Crippen LogP contribution in [0.15, 0.2) is 36.4 Å². The summed E-state index contributed by atoms with van der Waals surface area (Å²) in [7, 11) is 0. The Morgan fingerprint density at radius 3 is 2.48 bits per heavy atom. The molecule has 1 aliphatic rings. The number of carbonyl (C=O) groups is 1. The molecule has 0 aromatic heterocycles. The van der Waals surface area contributed by atoms with Crippen LogP contribution in [0.5, 0.6) is 11.5 Å². The Hall–Kier alpha value is -2.38. The topological polar surface area (TPSA) is 50.8 Å². The molecule has 1 aliphatic heterocycles. The second-order valence-corrected chi connectivity index (χ2v) is 8.07. The number of ether oxygens (including phenoxy) is 2. The summed E-state index contributed by atoms with van der Waals surface area (Å²) in [6.07, 6.45) is 2.55. The third-order valence-corrected chi connectivity index (χ3v) is 5.55. The van der Waals surface area contributed by atoms with Crippen LogP contribution < -0.4 is 14.8 Å². The Bertz CT molecular complexity index is 889. The molecule has 1 N–H and O–H groups in total. The van der Waals surface area contributed by atoms with Crippen molar-refractivity contribution in [1.29, 1.82) is 0 Å². The molecule has 0 unspecified atom stereocenters. The third-order valence-electron chi connectivity index (χ3n) is 5.24. The van der Waals surface area contributed by atoms with Crippen LogP contribution in [0, 0.1) is 18.6 Å². The van der Waals surface area contributed by atoms with E-state index in [4.69, 9.17) is 21.1 Å². The number of halogens is 3. The highest BCUT2D eigenvalue weighted by molar-refractivity contribution is 6.30. The molecule has 8 heteroatoms. The van der Waals surface area contributed by atoms with E-state index in [1.807, 2.05) is 0 Å². The van der Waals surface area contributed by atoms with Crippen molar-refractivity contribution in [1.82, 2.24) is 10.2 Å². The second kappa shape index (κ2) is 11.3. The van der Waals surface area contributed by atoms with Crippen molar-refractivity contribution in [3.63, 3.8) is 0 Å². The highest BCUT2D eigenvalue weighted by Gasteiger charge is 2.20. The van der Waals surface area contributed by atoms with E-state index >= 15 is 0 Å². The van der Waals surface area contributed by atoms with Crippen LogP contribution in [0.25, 0.3) is 0 Å². The van der Waals surface area contributed by atoms with Gasteiger partial charge in [-0.1, -0.05) is 17.7 Å². The SMILES string of the molecule is Cc1ccc(OCCCN2CCC(NC(=O)COc3ccc(Cl)c(F)c3)CC2)cc1F. The Morgan fingerprint density at radius 2 is 1.77 bits per heavy atom. The van der Waals surface area contributed by atoms with Crippen molar-refractivity contribution in [2.45, 2.75) is 32.2 Å². The number of nitrogens with one attached hydrogen (secondary N) is 1. The van der Waals surface area contributed by atoms with E-state index in [1.54, 1.807) is 19.1 Å².